The summed E-state index contributed by atoms with van der Waals surface area (Å²) in [4.78, 5) is 6.56. The van der Waals surface area contributed by atoms with Crippen molar-refractivity contribution in [3.8, 4) is 11.5 Å². The second kappa shape index (κ2) is 5.01. The second-order valence-corrected chi connectivity index (χ2v) is 5.05. The summed E-state index contributed by atoms with van der Waals surface area (Å²) in [5.41, 5.74) is 2.08. The van der Waals surface area contributed by atoms with E-state index in [0.29, 0.717) is 5.89 Å². The lowest BCUT2D eigenvalue weighted by Gasteiger charge is -2.12. The summed E-state index contributed by atoms with van der Waals surface area (Å²) in [5.74, 6) is 1.36. The number of rotatable bonds is 3. The minimum atomic E-state index is 0.245. The quantitative estimate of drug-likeness (QED) is 0.915. The molecule has 1 unspecified atom stereocenters. The van der Waals surface area contributed by atoms with Gasteiger partial charge in [-0.15, -0.1) is 0 Å². The normalized spacial score (nSPS) is 18.7. The standard InChI is InChI=1S/C14H18N4O/c1-18(2)11-6-3-5-10(9-11)14-16-13(17-19-14)12-7-4-8-15-12/h3,5-6,9,12,15H,4,7-8H2,1-2H3. The van der Waals surface area contributed by atoms with Gasteiger partial charge in [0, 0.05) is 25.3 Å². The lowest BCUT2D eigenvalue weighted by molar-refractivity contribution is 0.412. The number of nitrogens with zero attached hydrogens (tertiary/aromatic N) is 3. The van der Waals surface area contributed by atoms with Gasteiger partial charge in [0.1, 0.15) is 0 Å². The molecule has 2 aromatic rings. The van der Waals surface area contributed by atoms with E-state index in [1.54, 1.807) is 0 Å². The minimum Gasteiger partial charge on any atom is -0.378 e. The highest BCUT2D eigenvalue weighted by atomic mass is 16.5. The smallest absolute Gasteiger partial charge is 0.258 e. The molecule has 1 aliphatic heterocycles. The molecule has 0 bridgehead atoms. The molecule has 1 fully saturated rings. The molecule has 19 heavy (non-hydrogen) atoms. The first-order valence-corrected chi connectivity index (χ1v) is 6.59. The topological polar surface area (TPSA) is 54.2 Å². The van der Waals surface area contributed by atoms with Crippen LogP contribution in [0.2, 0.25) is 0 Å². The second-order valence-electron chi connectivity index (χ2n) is 5.05. The first-order valence-electron chi connectivity index (χ1n) is 6.59. The first kappa shape index (κ1) is 12.2. The Kier molecular flexibility index (Phi) is 3.21. The Morgan fingerprint density at radius 3 is 3.00 bits per heavy atom. The molecule has 1 aliphatic rings. The highest BCUT2D eigenvalue weighted by Crippen LogP contribution is 2.26. The number of aromatic nitrogens is 2. The van der Waals surface area contributed by atoms with E-state index in [9.17, 15) is 0 Å². The van der Waals surface area contributed by atoms with Crippen molar-refractivity contribution < 1.29 is 4.52 Å². The van der Waals surface area contributed by atoms with Gasteiger partial charge in [0.2, 0.25) is 0 Å². The third-order valence-corrected chi connectivity index (χ3v) is 3.42. The van der Waals surface area contributed by atoms with Crippen LogP contribution in [0.15, 0.2) is 28.8 Å². The van der Waals surface area contributed by atoms with E-state index in [-0.39, 0.29) is 6.04 Å². The van der Waals surface area contributed by atoms with Gasteiger partial charge in [-0.25, -0.2) is 0 Å². The Balaban J connectivity index is 1.87. The lowest BCUT2D eigenvalue weighted by atomic mass is 10.2. The zero-order valence-electron chi connectivity index (χ0n) is 11.3. The van der Waals surface area contributed by atoms with Gasteiger partial charge in [0.25, 0.3) is 5.89 Å². The van der Waals surface area contributed by atoms with Crippen molar-refractivity contribution in [1.82, 2.24) is 15.5 Å². The summed E-state index contributed by atoms with van der Waals surface area (Å²) in [6.45, 7) is 1.03. The molecule has 1 aromatic carbocycles. The third-order valence-electron chi connectivity index (χ3n) is 3.42. The molecule has 100 valence electrons. The zero-order valence-corrected chi connectivity index (χ0v) is 11.3. The van der Waals surface area contributed by atoms with E-state index in [0.717, 1.165) is 30.0 Å². The van der Waals surface area contributed by atoms with Gasteiger partial charge in [-0.3, -0.25) is 0 Å². The number of benzene rings is 1. The molecule has 1 aromatic heterocycles. The van der Waals surface area contributed by atoms with Gasteiger partial charge >= 0.3 is 0 Å². The molecule has 3 rings (SSSR count). The van der Waals surface area contributed by atoms with E-state index in [4.69, 9.17) is 4.52 Å². The molecule has 0 radical (unpaired) electrons. The fourth-order valence-corrected chi connectivity index (χ4v) is 2.32. The van der Waals surface area contributed by atoms with Crippen molar-refractivity contribution in [3.05, 3.63) is 30.1 Å². The Hall–Kier alpha value is -1.88. The van der Waals surface area contributed by atoms with Crippen LogP contribution in [0.4, 0.5) is 5.69 Å². The Morgan fingerprint density at radius 2 is 2.26 bits per heavy atom. The van der Waals surface area contributed by atoms with Crippen molar-refractivity contribution in [2.24, 2.45) is 0 Å². The summed E-state index contributed by atoms with van der Waals surface area (Å²) >= 11 is 0. The van der Waals surface area contributed by atoms with Crippen molar-refractivity contribution >= 4 is 5.69 Å². The average molecular weight is 258 g/mol. The highest BCUT2D eigenvalue weighted by molar-refractivity contribution is 5.61. The molecular weight excluding hydrogens is 240 g/mol. The fraction of sp³-hybridized carbons (Fsp3) is 0.429. The summed E-state index contributed by atoms with van der Waals surface area (Å²) in [7, 11) is 4.03. The molecule has 5 nitrogen and oxygen atoms in total. The van der Waals surface area contributed by atoms with Gasteiger partial charge < -0.3 is 14.7 Å². The molecule has 0 amide bonds. The molecule has 0 saturated carbocycles. The van der Waals surface area contributed by atoms with Crippen LogP contribution in [0.5, 0.6) is 0 Å². The fourth-order valence-electron chi connectivity index (χ4n) is 2.32. The van der Waals surface area contributed by atoms with Gasteiger partial charge in [-0.1, -0.05) is 11.2 Å². The highest BCUT2D eigenvalue weighted by Gasteiger charge is 2.22. The van der Waals surface area contributed by atoms with Gasteiger partial charge in [0.05, 0.1) is 6.04 Å². The summed E-state index contributed by atoms with van der Waals surface area (Å²) in [6.07, 6.45) is 2.25. The molecule has 1 saturated heterocycles. The van der Waals surface area contributed by atoms with Crippen LogP contribution in [0.3, 0.4) is 0 Å². The number of anilines is 1. The van der Waals surface area contributed by atoms with Crippen LogP contribution in [-0.2, 0) is 0 Å². The maximum atomic E-state index is 5.38. The molecular formula is C14H18N4O. The Morgan fingerprint density at radius 1 is 1.37 bits per heavy atom. The number of nitrogens with one attached hydrogen (secondary N) is 1. The summed E-state index contributed by atoms with van der Waals surface area (Å²) in [6, 6.07) is 8.35. The van der Waals surface area contributed by atoms with Gasteiger partial charge in [-0.05, 0) is 37.6 Å². The SMILES string of the molecule is CN(C)c1cccc(-c2nc(C3CCCN3)no2)c1. The number of hydrogen-bond acceptors (Lipinski definition) is 5. The molecule has 0 spiro atoms. The van der Waals surface area contributed by atoms with Crippen molar-refractivity contribution in [2.45, 2.75) is 18.9 Å². The van der Waals surface area contributed by atoms with Crippen LogP contribution in [0.1, 0.15) is 24.7 Å². The summed E-state index contributed by atoms with van der Waals surface area (Å²) < 4.78 is 5.38. The maximum absolute atomic E-state index is 5.38. The molecule has 2 heterocycles. The van der Waals surface area contributed by atoms with E-state index in [1.807, 2.05) is 26.2 Å². The Labute approximate surface area is 112 Å². The van der Waals surface area contributed by atoms with Crippen molar-refractivity contribution in [1.29, 1.82) is 0 Å². The van der Waals surface area contributed by atoms with E-state index in [1.165, 1.54) is 6.42 Å². The van der Waals surface area contributed by atoms with E-state index in [2.05, 4.69) is 32.5 Å². The van der Waals surface area contributed by atoms with Crippen molar-refractivity contribution in [3.63, 3.8) is 0 Å². The van der Waals surface area contributed by atoms with Crippen LogP contribution in [-0.4, -0.2) is 30.8 Å². The minimum absolute atomic E-state index is 0.245. The van der Waals surface area contributed by atoms with Crippen LogP contribution >= 0.6 is 0 Å². The monoisotopic (exact) mass is 258 g/mol. The predicted octanol–water partition coefficient (Wildman–Crippen LogP) is 2.23. The summed E-state index contributed by atoms with van der Waals surface area (Å²) in [5, 5.41) is 7.46. The predicted molar refractivity (Wildman–Crippen MR) is 74.0 cm³/mol. The Bertz CT molecular complexity index is 558. The van der Waals surface area contributed by atoms with E-state index >= 15 is 0 Å². The molecule has 1 atom stereocenters. The van der Waals surface area contributed by atoms with Crippen LogP contribution in [0, 0.1) is 0 Å². The van der Waals surface area contributed by atoms with Crippen LogP contribution < -0.4 is 10.2 Å². The van der Waals surface area contributed by atoms with Gasteiger partial charge in [0.15, 0.2) is 5.82 Å². The molecule has 0 aliphatic carbocycles. The number of hydrogen-bond donors (Lipinski definition) is 1. The lowest BCUT2D eigenvalue weighted by Crippen LogP contribution is -2.14. The van der Waals surface area contributed by atoms with Gasteiger partial charge in [-0.2, -0.15) is 4.98 Å². The maximum Gasteiger partial charge on any atom is 0.258 e. The molecule has 1 N–H and O–H groups in total. The largest absolute Gasteiger partial charge is 0.378 e. The first-order chi connectivity index (χ1) is 9.24. The van der Waals surface area contributed by atoms with Crippen molar-refractivity contribution in [2.75, 3.05) is 25.5 Å². The molecule has 5 heteroatoms. The van der Waals surface area contributed by atoms with Crippen LogP contribution in [0.25, 0.3) is 11.5 Å². The zero-order chi connectivity index (χ0) is 13.2. The van der Waals surface area contributed by atoms with E-state index < -0.39 is 0 Å². The third kappa shape index (κ3) is 2.46. The average Bonchev–Trinajstić information content (AvgIpc) is 3.09.